The van der Waals surface area contributed by atoms with E-state index in [0.29, 0.717) is 11.9 Å². The Morgan fingerprint density at radius 1 is 1.08 bits per heavy atom. The molecule has 2 aromatic heterocycles. The van der Waals surface area contributed by atoms with Crippen LogP contribution in [-0.2, 0) is 17.8 Å². The summed E-state index contributed by atoms with van der Waals surface area (Å²) in [5, 5.41) is 7.89. The SMILES string of the molecule is c1cnc(NCC2CN(CC3CCOCC3)Cc3ccnn3C2)nc1. The Balaban J connectivity index is 1.41. The lowest BCUT2D eigenvalue weighted by atomic mass is 9.99. The molecule has 4 heterocycles. The zero-order valence-electron chi connectivity index (χ0n) is 14.5. The van der Waals surface area contributed by atoms with Crippen LogP contribution in [0.15, 0.2) is 30.7 Å². The third-order valence-corrected chi connectivity index (χ3v) is 5.11. The molecule has 0 radical (unpaired) electrons. The lowest BCUT2D eigenvalue weighted by molar-refractivity contribution is 0.0497. The van der Waals surface area contributed by atoms with Crippen LogP contribution in [0.3, 0.4) is 0 Å². The van der Waals surface area contributed by atoms with Crippen LogP contribution in [0.2, 0.25) is 0 Å². The number of nitrogens with zero attached hydrogens (tertiary/aromatic N) is 5. The molecule has 25 heavy (non-hydrogen) atoms. The predicted molar refractivity (Wildman–Crippen MR) is 95.1 cm³/mol. The highest BCUT2D eigenvalue weighted by Gasteiger charge is 2.25. The molecule has 0 spiro atoms. The Hall–Kier alpha value is -1.99. The van der Waals surface area contributed by atoms with E-state index in [2.05, 4.69) is 36.0 Å². The maximum atomic E-state index is 5.51. The molecule has 0 saturated carbocycles. The first-order valence-corrected chi connectivity index (χ1v) is 9.18. The van der Waals surface area contributed by atoms with Gasteiger partial charge < -0.3 is 10.1 Å². The van der Waals surface area contributed by atoms with E-state index in [1.807, 2.05) is 12.3 Å². The van der Waals surface area contributed by atoms with Crippen LogP contribution in [0.1, 0.15) is 18.5 Å². The highest BCUT2D eigenvalue weighted by Crippen LogP contribution is 2.21. The molecule has 1 atom stereocenters. The minimum Gasteiger partial charge on any atom is -0.381 e. The summed E-state index contributed by atoms with van der Waals surface area (Å²) in [4.78, 5) is 11.1. The molecular weight excluding hydrogens is 316 g/mol. The van der Waals surface area contributed by atoms with Crippen LogP contribution >= 0.6 is 0 Å². The van der Waals surface area contributed by atoms with Crippen molar-refractivity contribution in [1.82, 2.24) is 24.6 Å². The van der Waals surface area contributed by atoms with E-state index in [4.69, 9.17) is 4.74 Å². The van der Waals surface area contributed by atoms with Gasteiger partial charge in [0.25, 0.3) is 0 Å². The van der Waals surface area contributed by atoms with E-state index >= 15 is 0 Å². The van der Waals surface area contributed by atoms with E-state index in [0.717, 1.165) is 51.9 Å². The van der Waals surface area contributed by atoms with Gasteiger partial charge in [-0.25, -0.2) is 9.97 Å². The van der Waals surface area contributed by atoms with E-state index < -0.39 is 0 Å². The predicted octanol–water partition coefficient (Wildman–Crippen LogP) is 1.64. The summed E-state index contributed by atoms with van der Waals surface area (Å²) >= 11 is 0. The topological polar surface area (TPSA) is 68.1 Å². The van der Waals surface area contributed by atoms with Crippen molar-refractivity contribution in [3.8, 4) is 0 Å². The second-order valence-electron chi connectivity index (χ2n) is 7.07. The van der Waals surface area contributed by atoms with Crippen molar-refractivity contribution in [3.05, 3.63) is 36.4 Å². The number of hydrogen-bond donors (Lipinski definition) is 1. The van der Waals surface area contributed by atoms with Crippen LogP contribution in [0.5, 0.6) is 0 Å². The number of anilines is 1. The molecule has 0 amide bonds. The third-order valence-electron chi connectivity index (χ3n) is 5.11. The molecule has 7 heteroatoms. The largest absolute Gasteiger partial charge is 0.381 e. The molecule has 2 aromatic rings. The van der Waals surface area contributed by atoms with Gasteiger partial charge in [0, 0.05) is 70.4 Å². The molecule has 1 N–H and O–H groups in total. The standard InChI is InChI=1S/C18H26N6O/c1-5-19-18(20-6-1)21-10-16-12-23(11-15-3-8-25-9-4-15)14-17-2-7-22-24(17)13-16/h1-2,5-7,15-16H,3-4,8-14H2,(H,19,20,21). The van der Waals surface area contributed by atoms with Crippen LogP contribution in [-0.4, -0.2) is 57.5 Å². The monoisotopic (exact) mass is 342 g/mol. The summed E-state index contributed by atoms with van der Waals surface area (Å²) in [6, 6.07) is 3.98. The minimum atomic E-state index is 0.477. The van der Waals surface area contributed by atoms with Crippen LogP contribution in [0.4, 0.5) is 5.95 Å². The van der Waals surface area contributed by atoms with Crippen molar-refractivity contribution < 1.29 is 4.74 Å². The first kappa shape index (κ1) is 16.5. The number of hydrogen-bond acceptors (Lipinski definition) is 6. The maximum absolute atomic E-state index is 5.51. The quantitative estimate of drug-likeness (QED) is 0.891. The van der Waals surface area contributed by atoms with Gasteiger partial charge in [0.05, 0.1) is 5.69 Å². The lowest BCUT2D eigenvalue weighted by Gasteiger charge is -2.30. The molecule has 2 aliphatic rings. The van der Waals surface area contributed by atoms with Gasteiger partial charge in [0.1, 0.15) is 0 Å². The molecule has 0 bridgehead atoms. The molecule has 134 valence electrons. The normalized spacial score (nSPS) is 22.3. The number of nitrogens with one attached hydrogen (secondary N) is 1. The average Bonchev–Trinajstić information content (AvgIpc) is 3.01. The molecular formula is C18H26N6O. The molecule has 1 fully saturated rings. The summed E-state index contributed by atoms with van der Waals surface area (Å²) in [5.41, 5.74) is 1.31. The second kappa shape index (κ2) is 7.93. The zero-order chi connectivity index (χ0) is 16.9. The molecule has 0 aliphatic carbocycles. The van der Waals surface area contributed by atoms with E-state index in [9.17, 15) is 0 Å². The van der Waals surface area contributed by atoms with Crippen molar-refractivity contribution >= 4 is 5.95 Å². The van der Waals surface area contributed by atoms with Gasteiger partial charge in [-0.3, -0.25) is 9.58 Å². The Labute approximate surface area is 148 Å². The van der Waals surface area contributed by atoms with Gasteiger partial charge in [-0.15, -0.1) is 0 Å². The fourth-order valence-corrected chi connectivity index (χ4v) is 3.81. The molecule has 0 aromatic carbocycles. The Morgan fingerprint density at radius 2 is 1.92 bits per heavy atom. The van der Waals surface area contributed by atoms with Crippen molar-refractivity contribution in [1.29, 1.82) is 0 Å². The van der Waals surface area contributed by atoms with Crippen LogP contribution in [0.25, 0.3) is 0 Å². The summed E-state index contributed by atoms with van der Waals surface area (Å²) in [7, 11) is 0. The summed E-state index contributed by atoms with van der Waals surface area (Å²) in [6.45, 7) is 6.81. The molecule has 1 unspecified atom stereocenters. The number of fused-ring (bicyclic) bond motifs is 1. The van der Waals surface area contributed by atoms with Gasteiger partial charge in [-0.2, -0.15) is 5.10 Å². The maximum Gasteiger partial charge on any atom is 0.222 e. The van der Waals surface area contributed by atoms with Gasteiger partial charge >= 0.3 is 0 Å². The van der Waals surface area contributed by atoms with E-state index in [1.165, 1.54) is 18.5 Å². The van der Waals surface area contributed by atoms with Crippen molar-refractivity contribution in [2.45, 2.75) is 25.9 Å². The number of ether oxygens (including phenoxy) is 1. The smallest absolute Gasteiger partial charge is 0.222 e. The third kappa shape index (κ3) is 4.35. The summed E-state index contributed by atoms with van der Waals surface area (Å²) in [6.07, 6.45) is 7.81. The van der Waals surface area contributed by atoms with E-state index in [-0.39, 0.29) is 0 Å². The van der Waals surface area contributed by atoms with Crippen LogP contribution < -0.4 is 5.32 Å². The Bertz CT molecular complexity index is 655. The fraction of sp³-hybridized carbons (Fsp3) is 0.611. The van der Waals surface area contributed by atoms with Gasteiger partial charge in [0.15, 0.2) is 0 Å². The van der Waals surface area contributed by atoms with Gasteiger partial charge in [-0.1, -0.05) is 0 Å². The van der Waals surface area contributed by atoms with Crippen molar-refractivity contribution in [2.75, 3.05) is 38.2 Å². The molecule has 4 rings (SSSR count). The second-order valence-corrected chi connectivity index (χ2v) is 7.07. The van der Waals surface area contributed by atoms with Crippen molar-refractivity contribution in [2.24, 2.45) is 11.8 Å². The fourth-order valence-electron chi connectivity index (χ4n) is 3.81. The van der Waals surface area contributed by atoms with E-state index in [1.54, 1.807) is 12.4 Å². The van der Waals surface area contributed by atoms with Crippen molar-refractivity contribution in [3.63, 3.8) is 0 Å². The highest BCUT2D eigenvalue weighted by molar-refractivity contribution is 5.22. The number of aromatic nitrogens is 4. The summed E-state index contributed by atoms with van der Waals surface area (Å²) < 4.78 is 7.66. The average molecular weight is 342 g/mol. The van der Waals surface area contributed by atoms with Gasteiger partial charge in [-0.05, 0) is 30.9 Å². The van der Waals surface area contributed by atoms with Gasteiger partial charge in [0.2, 0.25) is 5.95 Å². The Morgan fingerprint density at radius 3 is 2.76 bits per heavy atom. The highest BCUT2D eigenvalue weighted by atomic mass is 16.5. The lowest BCUT2D eigenvalue weighted by Crippen LogP contribution is -2.36. The first-order valence-electron chi connectivity index (χ1n) is 9.18. The summed E-state index contributed by atoms with van der Waals surface area (Å²) in [5.74, 6) is 1.92. The first-order chi connectivity index (χ1) is 12.4. The zero-order valence-corrected chi connectivity index (χ0v) is 14.5. The Kier molecular flexibility index (Phi) is 5.22. The molecule has 1 saturated heterocycles. The minimum absolute atomic E-state index is 0.477. The molecule has 2 aliphatic heterocycles. The molecule has 7 nitrogen and oxygen atoms in total. The van der Waals surface area contributed by atoms with Crippen LogP contribution in [0, 0.1) is 11.8 Å². The number of rotatable bonds is 5.